The van der Waals surface area contributed by atoms with Crippen molar-refractivity contribution in [3.63, 3.8) is 0 Å². The van der Waals surface area contributed by atoms with Crippen molar-refractivity contribution in [2.45, 2.75) is 12.3 Å². The Kier molecular flexibility index (Phi) is 4.09. The zero-order valence-electron chi connectivity index (χ0n) is 14.1. The normalized spacial score (nSPS) is 15.0. The van der Waals surface area contributed by atoms with Gasteiger partial charge in [-0.1, -0.05) is 54.6 Å². The lowest BCUT2D eigenvalue weighted by Gasteiger charge is -2.28. The highest BCUT2D eigenvalue weighted by molar-refractivity contribution is 5.98. The second-order valence-corrected chi connectivity index (χ2v) is 6.47. The second kappa shape index (κ2) is 6.43. The molecule has 0 bridgehead atoms. The summed E-state index contributed by atoms with van der Waals surface area (Å²) in [5.41, 5.74) is 12.1. The molecular formula is C22H18ClN3. The lowest BCUT2D eigenvalue weighted by atomic mass is 9.77. The van der Waals surface area contributed by atoms with Gasteiger partial charge in [-0.05, 0) is 35.1 Å². The number of nitrogens with zero attached hydrogens (tertiary/aromatic N) is 2. The highest BCUT2D eigenvalue weighted by Gasteiger charge is 2.30. The Balaban J connectivity index is 0.00000168. The quantitative estimate of drug-likeness (QED) is 0.521. The van der Waals surface area contributed by atoms with Crippen molar-refractivity contribution in [2.24, 2.45) is 0 Å². The van der Waals surface area contributed by atoms with E-state index in [4.69, 9.17) is 10.7 Å². The third-order valence-corrected chi connectivity index (χ3v) is 5.07. The first-order chi connectivity index (χ1) is 12.3. The maximum absolute atomic E-state index is 6.29. The Morgan fingerprint density at radius 3 is 2.38 bits per heavy atom. The fraction of sp³-hybridized carbons (Fsp3) is 0.0909. The van der Waals surface area contributed by atoms with Crippen molar-refractivity contribution < 1.29 is 0 Å². The lowest BCUT2D eigenvalue weighted by Crippen LogP contribution is -2.16. The Morgan fingerprint density at radius 1 is 0.846 bits per heavy atom. The average Bonchev–Trinajstić information content (AvgIpc) is 2.68. The molecule has 26 heavy (non-hydrogen) atoms. The number of nitrogens with two attached hydrogens (primary N) is 1. The Labute approximate surface area is 158 Å². The predicted molar refractivity (Wildman–Crippen MR) is 109 cm³/mol. The van der Waals surface area contributed by atoms with Crippen LogP contribution in [0.25, 0.3) is 22.0 Å². The van der Waals surface area contributed by atoms with E-state index in [2.05, 4.69) is 53.5 Å². The van der Waals surface area contributed by atoms with E-state index >= 15 is 0 Å². The second-order valence-electron chi connectivity index (χ2n) is 6.47. The summed E-state index contributed by atoms with van der Waals surface area (Å²) in [5.74, 6) is 0.773. The van der Waals surface area contributed by atoms with E-state index < -0.39 is 0 Å². The number of hydrogen-bond acceptors (Lipinski definition) is 3. The molecule has 0 aliphatic heterocycles. The van der Waals surface area contributed by atoms with Crippen LogP contribution in [0.2, 0.25) is 0 Å². The average molecular weight is 360 g/mol. The van der Waals surface area contributed by atoms with Gasteiger partial charge >= 0.3 is 0 Å². The number of fused-ring (bicyclic) bond motifs is 5. The molecule has 1 atom stereocenters. The molecule has 2 heterocycles. The fourth-order valence-electron chi connectivity index (χ4n) is 3.95. The Morgan fingerprint density at radius 2 is 1.58 bits per heavy atom. The van der Waals surface area contributed by atoms with Crippen LogP contribution in [0.3, 0.4) is 0 Å². The summed E-state index contributed by atoms with van der Waals surface area (Å²) in [4.78, 5) is 9.45. The number of benzene rings is 2. The molecular weight excluding hydrogens is 342 g/mol. The van der Waals surface area contributed by atoms with Crippen LogP contribution in [-0.2, 0) is 6.42 Å². The van der Waals surface area contributed by atoms with Gasteiger partial charge in [-0.15, -0.1) is 12.4 Å². The van der Waals surface area contributed by atoms with E-state index in [1.54, 1.807) is 0 Å². The minimum Gasteiger partial charge on any atom is -0.383 e. The number of hydrogen-bond donors (Lipinski definition) is 1. The molecule has 0 amide bonds. The van der Waals surface area contributed by atoms with Gasteiger partial charge in [-0.2, -0.15) is 0 Å². The molecule has 1 aliphatic carbocycles. The highest BCUT2D eigenvalue weighted by atomic mass is 35.5. The number of anilines is 1. The Bertz CT molecular complexity index is 1090. The van der Waals surface area contributed by atoms with E-state index in [9.17, 15) is 0 Å². The van der Waals surface area contributed by atoms with Crippen LogP contribution in [0.15, 0.2) is 72.9 Å². The van der Waals surface area contributed by atoms with Gasteiger partial charge in [-0.3, -0.25) is 4.98 Å². The molecule has 2 aromatic carbocycles. The van der Waals surface area contributed by atoms with Crippen LogP contribution >= 0.6 is 12.4 Å². The molecule has 1 aliphatic rings. The molecule has 2 N–H and O–H groups in total. The van der Waals surface area contributed by atoms with Crippen LogP contribution in [0.4, 0.5) is 5.82 Å². The zero-order chi connectivity index (χ0) is 16.8. The summed E-state index contributed by atoms with van der Waals surface area (Å²) in [6.07, 6.45) is 2.79. The minimum atomic E-state index is 0. The van der Waals surface area contributed by atoms with Crippen molar-refractivity contribution in [3.8, 4) is 11.3 Å². The van der Waals surface area contributed by atoms with Gasteiger partial charge in [0, 0.05) is 28.8 Å². The van der Waals surface area contributed by atoms with Crippen LogP contribution in [0.1, 0.15) is 22.7 Å². The number of nitrogen functional groups attached to an aromatic ring is 1. The third kappa shape index (κ3) is 2.44. The Hall–Kier alpha value is -2.91. The van der Waals surface area contributed by atoms with Gasteiger partial charge < -0.3 is 5.73 Å². The number of aromatic nitrogens is 2. The molecule has 0 fully saturated rings. The van der Waals surface area contributed by atoms with Crippen molar-refractivity contribution in [1.29, 1.82) is 0 Å². The summed E-state index contributed by atoms with van der Waals surface area (Å²) in [5, 5.41) is 2.19. The molecule has 128 valence electrons. The van der Waals surface area contributed by atoms with Crippen LogP contribution < -0.4 is 5.73 Å². The van der Waals surface area contributed by atoms with Crippen LogP contribution in [-0.4, -0.2) is 9.97 Å². The summed E-state index contributed by atoms with van der Waals surface area (Å²) in [7, 11) is 0. The van der Waals surface area contributed by atoms with Crippen molar-refractivity contribution in [3.05, 3.63) is 89.7 Å². The molecule has 3 nitrogen and oxygen atoms in total. The number of pyridine rings is 2. The van der Waals surface area contributed by atoms with Crippen LogP contribution in [0.5, 0.6) is 0 Å². The van der Waals surface area contributed by atoms with Crippen molar-refractivity contribution in [1.82, 2.24) is 9.97 Å². The zero-order valence-corrected chi connectivity index (χ0v) is 14.9. The van der Waals surface area contributed by atoms with Gasteiger partial charge in [0.15, 0.2) is 0 Å². The van der Waals surface area contributed by atoms with Crippen LogP contribution in [0, 0.1) is 0 Å². The van der Waals surface area contributed by atoms with Gasteiger partial charge in [-0.25, -0.2) is 4.98 Å². The first-order valence-corrected chi connectivity index (χ1v) is 8.50. The molecule has 0 spiro atoms. The molecule has 2 aromatic heterocycles. The van der Waals surface area contributed by atoms with E-state index in [1.165, 1.54) is 22.1 Å². The summed E-state index contributed by atoms with van der Waals surface area (Å²) >= 11 is 0. The van der Waals surface area contributed by atoms with E-state index in [0.717, 1.165) is 23.2 Å². The summed E-state index contributed by atoms with van der Waals surface area (Å²) in [6, 6.07) is 22.9. The summed E-state index contributed by atoms with van der Waals surface area (Å²) in [6.45, 7) is 0. The summed E-state index contributed by atoms with van der Waals surface area (Å²) < 4.78 is 0. The molecule has 0 saturated heterocycles. The molecule has 0 radical (unpaired) electrons. The monoisotopic (exact) mass is 359 g/mol. The molecule has 4 aromatic rings. The fourth-order valence-corrected chi connectivity index (χ4v) is 3.95. The number of rotatable bonds is 1. The highest BCUT2D eigenvalue weighted by Crippen LogP contribution is 2.45. The molecule has 4 heteroatoms. The van der Waals surface area contributed by atoms with E-state index in [0.29, 0.717) is 5.82 Å². The van der Waals surface area contributed by atoms with E-state index in [-0.39, 0.29) is 18.3 Å². The van der Waals surface area contributed by atoms with Gasteiger partial charge in [0.25, 0.3) is 0 Å². The maximum Gasteiger partial charge on any atom is 0.131 e. The molecule has 0 saturated carbocycles. The lowest BCUT2D eigenvalue weighted by molar-refractivity contribution is 0.765. The predicted octanol–water partition coefficient (Wildman–Crippen LogP) is 4.99. The van der Waals surface area contributed by atoms with E-state index in [1.807, 2.05) is 24.4 Å². The number of halogens is 1. The smallest absolute Gasteiger partial charge is 0.131 e. The standard InChI is InChI=1S/C22H17N3.ClH/c23-22-17-10-4-3-9-16(17)20-18(19-11-5-6-12-24-19)13-14-7-1-2-8-15(14)21(20)25-22;/h1-12,18H,13H2,(H2,23,25);1H. The SMILES string of the molecule is Cl.Nc1nc2c(c3ccccc13)C(c1ccccn1)Cc1ccccc1-2. The minimum absolute atomic E-state index is 0. The van der Waals surface area contributed by atoms with Gasteiger partial charge in [0.05, 0.1) is 5.69 Å². The third-order valence-electron chi connectivity index (χ3n) is 5.07. The maximum atomic E-state index is 6.29. The topological polar surface area (TPSA) is 51.8 Å². The largest absolute Gasteiger partial charge is 0.383 e. The first kappa shape index (κ1) is 16.6. The van der Waals surface area contributed by atoms with Crippen molar-refractivity contribution in [2.75, 3.05) is 5.73 Å². The van der Waals surface area contributed by atoms with Gasteiger partial charge in [0.2, 0.25) is 0 Å². The molecule has 5 rings (SSSR count). The van der Waals surface area contributed by atoms with Crippen molar-refractivity contribution >= 4 is 29.0 Å². The van der Waals surface area contributed by atoms with Gasteiger partial charge in [0.1, 0.15) is 5.82 Å². The molecule has 1 unspecified atom stereocenters. The first-order valence-electron chi connectivity index (χ1n) is 8.50.